The van der Waals surface area contributed by atoms with Crippen LogP contribution in [0.5, 0.6) is 0 Å². The fourth-order valence-corrected chi connectivity index (χ4v) is 3.94. The van der Waals surface area contributed by atoms with Crippen molar-refractivity contribution in [3.05, 3.63) is 29.1 Å². The Morgan fingerprint density at radius 3 is 2.54 bits per heavy atom. The van der Waals surface area contributed by atoms with E-state index >= 15 is 0 Å². The molecular formula is C18H21FN4O3. The van der Waals surface area contributed by atoms with Crippen LogP contribution in [0.2, 0.25) is 0 Å². The highest BCUT2D eigenvalue weighted by Gasteiger charge is 2.40. The predicted octanol–water partition coefficient (Wildman–Crippen LogP) is 0.339. The van der Waals surface area contributed by atoms with E-state index < -0.39 is 17.8 Å². The van der Waals surface area contributed by atoms with Crippen LogP contribution in [0, 0.1) is 5.82 Å². The zero-order valence-corrected chi connectivity index (χ0v) is 14.6. The second-order valence-corrected chi connectivity index (χ2v) is 7.14. The van der Waals surface area contributed by atoms with E-state index in [0.29, 0.717) is 12.0 Å². The predicted molar refractivity (Wildman–Crippen MR) is 92.2 cm³/mol. The number of halogens is 1. The van der Waals surface area contributed by atoms with Crippen molar-refractivity contribution >= 4 is 23.4 Å². The first-order chi connectivity index (χ1) is 12.4. The monoisotopic (exact) mass is 360 g/mol. The van der Waals surface area contributed by atoms with Crippen molar-refractivity contribution in [3.8, 4) is 0 Å². The van der Waals surface area contributed by atoms with Crippen molar-refractivity contribution in [1.29, 1.82) is 0 Å². The third-order valence-electron chi connectivity index (χ3n) is 5.44. The van der Waals surface area contributed by atoms with Gasteiger partial charge in [-0.2, -0.15) is 0 Å². The summed E-state index contributed by atoms with van der Waals surface area (Å²) in [7, 11) is 2.04. The summed E-state index contributed by atoms with van der Waals surface area (Å²) in [6.07, 6.45) is 0.507. The van der Waals surface area contributed by atoms with Crippen LogP contribution >= 0.6 is 0 Å². The molecule has 0 aliphatic carbocycles. The van der Waals surface area contributed by atoms with Gasteiger partial charge < -0.3 is 14.7 Å². The van der Waals surface area contributed by atoms with Gasteiger partial charge in [-0.3, -0.25) is 19.7 Å². The minimum atomic E-state index is -0.684. The number of carbonyl (C=O) groups is 3. The Labute approximate surface area is 150 Å². The number of fused-ring (bicyclic) bond motifs is 1. The van der Waals surface area contributed by atoms with Gasteiger partial charge in [0.15, 0.2) is 0 Å². The molecule has 1 aromatic rings. The third kappa shape index (κ3) is 2.84. The molecule has 3 amide bonds. The van der Waals surface area contributed by atoms with E-state index in [9.17, 15) is 18.8 Å². The van der Waals surface area contributed by atoms with Crippen LogP contribution in [-0.2, 0) is 16.1 Å². The molecule has 0 bridgehead atoms. The first-order valence-corrected chi connectivity index (χ1v) is 8.84. The lowest BCUT2D eigenvalue weighted by molar-refractivity contribution is -0.136. The molecule has 0 spiro atoms. The number of hydrogen-bond donors (Lipinski definition) is 1. The zero-order valence-electron chi connectivity index (χ0n) is 14.6. The van der Waals surface area contributed by atoms with Crippen LogP contribution in [0.3, 0.4) is 0 Å². The summed E-state index contributed by atoms with van der Waals surface area (Å²) in [5, 5.41) is 2.29. The molecule has 0 saturated carbocycles. The third-order valence-corrected chi connectivity index (χ3v) is 5.44. The van der Waals surface area contributed by atoms with Gasteiger partial charge in [0.2, 0.25) is 11.8 Å². The number of piperidine rings is 1. The second kappa shape index (κ2) is 6.35. The number of likely N-dealkylation sites (N-methyl/N-ethyl adjacent to an activating group) is 1. The number of benzene rings is 1. The Hall–Kier alpha value is -2.48. The molecule has 26 heavy (non-hydrogen) atoms. The number of nitrogens with zero attached hydrogens (tertiary/aromatic N) is 3. The van der Waals surface area contributed by atoms with E-state index in [4.69, 9.17) is 0 Å². The molecule has 0 aromatic heterocycles. The molecule has 1 N–H and O–H groups in total. The smallest absolute Gasteiger partial charge is 0.255 e. The Balaban J connectivity index is 1.64. The van der Waals surface area contributed by atoms with Gasteiger partial charge in [0.25, 0.3) is 5.91 Å². The van der Waals surface area contributed by atoms with Gasteiger partial charge in [-0.25, -0.2) is 4.39 Å². The van der Waals surface area contributed by atoms with Crippen LogP contribution < -0.4 is 10.2 Å². The summed E-state index contributed by atoms with van der Waals surface area (Å²) in [5.74, 6) is -1.57. The highest BCUT2D eigenvalue weighted by molar-refractivity contribution is 6.06. The number of rotatable bonds is 2. The van der Waals surface area contributed by atoms with Crippen LogP contribution in [-0.4, -0.2) is 66.8 Å². The van der Waals surface area contributed by atoms with Gasteiger partial charge in [0.1, 0.15) is 11.9 Å². The number of piperazine rings is 1. The molecule has 3 aliphatic rings. The molecule has 1 aromatic carbocycles. The number of imide groups is 1. The van der Waals surface area contributed by atoms with Crippen molar-refractivity contribution in [2.24, 2.45) is 0 Å². The SMILES string of the molecule is CN1CCN(c2cc(F)cc3c2CN(C2CCC(=O)NC2=O)C3=O)CC1. The Morgan fingerprint density at radius 2 is 1.85 bits per heavy atom. The van der Waals surface area contributed by atoms with E-state index in [1.54, 1.807) is 0 Å². The highest BCUT2D eigenvalue weighted by Crippen LogP contribution is 2.35. The number of hydrogen-bond acceptors (Lipinski definition) is 5. The average molecular weight is 360 g/mol. The molecule has 1 atom stereocenters. The first-order valence-electron chi connectivity index (χ1n) is 8.84. The van der Waals surface area contributed by atoms with Crippen molar-refractivity contribution in [3.63, 3.8) is 0 Å². The van der Waals surface area contributed by atoms with Crippen molar-refractivity contribution in [2.45, 2.75) is 25.4 Å². The quantitative estimate of drug-likeness (QED) is 0.770. The van der Waals surface area contributed by atoms with Crippen molar-refractivity contribution in [2.75, 3.05) is 38.1 Å². The standard InChI is InChI=1S/C18H21FN4O3/c1-21-4-6-22(7-5-21)15-9-11(19)8-12-13(15)10-23(18(12)26)14-2-3-16(24)20-17(14)25/h8-9,14H,2-7,10H2,1H3,(H,20,24,25). The highest BCUT2D eigenvalue weighted by atomic mass is 19.1. The number of amides is 3. The maximum atomic E-state index is 14.2. The van der Waals surface area contributed by atoms with E-state index in [0.717, 1.165) is 37.4 Å². The number of nitrogens with one attached hydrogen (secondary N) is 1. The maximum absolute atomic E-state index is 14.2. The molecule has 4 rings (SSSR count). The Bertz CT molecular complexity index is 789. The van der Waals surface area contributed by atoms with Crippen LogP contribution in [0.4, 0.5) is 10.1 Å². The van der Waals surface area contributed by atoms with Crippen LogP contribution in [0.15, 0.2) is 12.1 Å². The molecule has 2 saturated heterocycles. The summed E-state index contributed by atoms with van der Waals surface area (Å²) in [6.45, 7) is 3.53. The fraction of sp³-hybridized carbons (Fsp3) is 0.500. The first kappa shape index (κ1) is 17.0. The van der Waals surface area contributed by atoms with E-state index in [-0.39, 0.29) is 24.8 Å². The lowest BCUT2D eigenvalue weighted by Gasteiger charge is -2.35. The summed E-state index contributed by atoms with van der Waals surface area (Å²) in [6, 6.07) is 2.05. The molecule has 7 nitrogen and oxygen atoms in total. The van der Waals surface area contributed by atoms with Crippen molar-refractivity contribution < 1.29 is 18.8 Å². The summed E-state index contributed by atoms with van der Waals surface area (Å²) in [4.78, 5) is 42.1. The van der Waals surface area contributed by atoms with Crippen molar-refractivity contribution in [1.82, 2.24) is 15.1 Å². The summed E-state index contributed by atoms with van der Waals surface area (Å²) < 4.78 is 14.2. The second-order valence-electron chi connectivity index (χ2n) is 7.14. The molecule has 3 aliphatic heterocycles. The maximum Gasteiger partial charge on any atom is 0.255 e. The van der Waals surface area contributed by atoms with Gasteiger partial charge in [-0.1, -0.05) is 0 Å². The number of anilines is 1. The molecule has 0 radical (unpaired) electrons. The molecule has 3 heterocycles. The molecule has 8 heteroatoms. The topological polar surface area (TPSA) is 73.0 Å². The molecule has 138 valence electrons. The minimum absolute atomic E-state index is 0.205. The largest absolute Gasteiger partial charge is 0.369 e. The minimum Gasteiger partial charge on any atom is -0.369 e. The molecule has 2 fully saturated rings. The Morgan fingerprint density at radius 1 is 1.12 bits per heavy atom. The van der Waals surface area contributed by atoms with Gasteiger partial charge in [0.05, 0.1) is 0 Å². The van der Waals surface area contributed by atoms with Gasteiger partial charge >= 0.3 is 0 Å². The van der Waals surface area contributed by atoms with Crippen LogP contribution in [0.1, 0.15) is 28.8 Å². The van der Waals surface area contributed by atoms with E-state index in [2.05, 4.69) is 15.1 Å². The summed E-state index contributed by atoms with van der Waals surface area (Å²) in [5.41, 5.74) is 1.82. The number of carbonyl (C=O) groups excluding carboxylic acids is 3. The normalized spacial score (nSPS) is 24.1. The molecular weight excluding hydrogens is 339 g/mol. The van der Waals surface area contributed by atoms with E-state index in [1.807, 2.05) is 7.05 Å². The average Bonchev–Trinajstić information content (AvgIpc) is 2.92. The van der Waals surface area contributed by atoms with Gasteiger partial charge in [-0.05, 0) is 25.6 Å². The fourth-order valence-electron chi connectivity index (χ4n) is 3.94. The lowest BCUT2D eigenvalue weighted by atomic mass is 10.0. The van der Waals surface area contributed by atoms with Gasteiger partial charge in [-0.15, -0.1) is 0 Å². The van der Waals surface area contributed by atoms with Crippen LogP contribution in [0.25, 0.3) is 0 Å². The zero-order chi connectivity index (χ0) is 18.4. The lowest BCUT2D eigenvalue weighted by Crippen LogP contribution is -2.52. The molecule has 1 unspecified atom stereocenters. The van der Waals surface area contributed by atoms with E-state index in [1.165, 1.54) is 17.0 Å². The Kier molecular flexibility index (Phi) is 4.14. The van der Waals surface area contributed by atoms with Gasteiger partial charge in [0, 0.05) is 56.0 Å². The summed E-state index contributed by atoms with van der Waals surface area (Å²) >= 11 is 0.